The Labute approximate surface area is 105 Å². The van der Waals surface area contributed by atoms with Gasteiger partial charge in [-0.1, -0.05) is 19.0 Å². The number of carbonyl (C=O) groups is 2. The number of amides is 2. The highest BCUT2D eigenvalue weighted by molar-refractivity contribution is 5.94. The molecule has 1 fully saturated rings. The molecular formula is C12H17N3O3. The lowest BCUT2D eigenvalue weighted by molar-refractivity contribution is -0.145. The standard InChI is InChI=1S/C12H17N3O3/c1-8(2)5-10-12(17)15(7-11(16)14-10)6-9-3-4-13-18-9/h3-4,8,10H,5-7H2,1-2H3,(H,14,16). The minimum absolute atomic E-state index is 0.0558. The zero-order valence-corrected chi connectivity index (χ0v) is 10.5. The Balaban J connectivity index is 2.05. The molecule has 0 aliphatic carbocycles. The highest BCUT2D eigenvalue weighted by Gasteiger charge is 2.33. The van der Waals surface area contributed by atoms with Crippen LogP contribution in [-0.2, 0) is 16.1 Å². The number of hydrogen-bond acceptors (Lipinski definition) is 4. The fraction of sp³-hybridized carbons (Fsp3) is 0.583. The number of rotatable bonds is 4. The smallest absolute Gasteiger partial charge is 0.246 e. The van der Waals surface area contributed by atoms with Gasteiger partial charge in [0.1, 0.15) is 12.6 Å². The number of aromatic nitrogens is 1. The summed E-state index contributed by atoms with van der Waals surface area (Å²) in [6.07, 6.45) is 2.17. The lowest BCUT2D eigenvalue weighted by Gasteiger charge is -2.32. The maximum Gasteiger partial charge on any atom is 0.246 e. The quantitative estimate of drug-likeness (QED) is 0.847. The summed E-state index contributed by atoms with van der Waals surface area (Å²) in [5, 5.41) is 6.32. The molecule has 1 aliphatic rings. The highest BCUT2D eigenvalue weighted by atomic mass is 16.5. The van der Waals surface area contributed by atoms with E-state index < -0.39 is 6.04 Å². The van der Waals surface area contributed by atoms with Crippen molar-refractivity contribution in [1.29, 1.82) is 0 Å². The summed E-state index contributed by atoms with van der Waals surface area (Å²) >= 11 is 0. The molecule has 0 radical (unpaired) electrons. The minimum Gasteiger partial charge on any atom is -0.360 e. The molecule has 1 saturated heterocycles. The average molecular weight is 251 g/mol. The van der Waals surface area contributed by atoms with E-state index in [2.05, 4.69) is 10.5 Å². The third-order valence-electron chi connectivity index (χ3n) is 2.82. The molecular weight excluding hydrogens is 234 g/mol. The molecule has 98 valence electrons. The average Bonchev–Trinajstić information content (AvgIpc) is 2.77. The fourth-order valence-electron chi connectivity index (χ4n) is 2.05. The summed E-state index contributed by atoms with van der Waals surface area (Å²) < 4.78 is 4.96. The number of carbonyl (C=O) groups excluding carboxylic acids is 2. The third-order valence-corrected chi connectivity index (χ3v) is 2.82. The molecule has 6 heteroatoms. The molecule has 1 aromatic heterocycles. The van der Waals surface area contributed by atoms with Gasteiger partial charge in [0.15, 0.2) is 5.76 Å². The predicted octanol–water partition coefficient (Wildman–Crippen LogP) is 0.548. The van der Waals surface area contributed by atoms with Crippen LogP contribution >= 0.6 is 0 Å². The first-order chi connectivity index (χ1) is 8.56. The highest BCUT2D eigenvalue weighted by Crippen LogP contribution is 2.14. The van der Waals surface area contributed by atoms with Crippen molar-refractivity contribution >= 4 is 11.8 Å². The van der Waals surface area contributed by atoms with Crippen molar-refractivity contribution in [3.8, 4) is 0 Å². The number of nitrogens with one attached hydrogen (secondary N) is 1. The van der Waals surface area contributed by atoms with Crippen LogP contribution < -0.4 is 5.32 Å². The second-order valence-corrected chi connectivity index (χ2v) is 4.92. The van der Waals surface area contributed by atoms with Gasteiger partial charge in [-0.25, -0.2) is 0 Å². The Hall–Kier alpha value is -1.85. The molecule has 0 saturated carbocycles. The van der Waals surface area contributed by atoms with Crippen LogP contribution in [0, 0.1) is 5.92 Å². The van der Waals surface area contributed by atoms with Gasteiger partial charge < -0.3 is 14.7 Å². The molecule has 2 rings (SSSR count). The van der Waals surface area contributed by atoms with Crippen LogP contribution in [0.1, 0.15) is 26.0 Å². The summed E-state index contributed by atoms with van der Waals surface area (Å²) in [6.45, 7) is 4.42. The van der Waals surface area contributed by atoms with Crippen LogP contribution in [0.3, 0.4) is 0 Å². The SMILES string of the molecule is CC(C)CC1NC(=O)CN(Cc2ccno2)C1=O. The van der Waals surface area contributed by atoms with Crippen molar-refractivity contribution < 1.29 is 14.1 Å². The Morgan fingerprint density at radius 1 is 1.56 bits per heavy atom. The monoisotopic (exact) mass is 251 g/mol. The van der Waals surface area contributed by atoms with E-state index in [1.165, 1.54) is 11.1 Å². The Morgan fingerprint density at radius 3 is 2.94 bits per heavy atom. The molecule has 2 amide bonds. The van der Waals surface area contributed by atoms with Crippen LogP contribution in [0.25, 0.3) is 0 Å². The van der Waals surface area contributed by atoms with Gasteiger partial charge >= 0.3 is 0 Å². The van der Waals surface area contributed by atoms with Gasteiger partial charge in [-0.3, -0.25) is 9.59 Å². The van der Waals surface area contributed by atoms with Gasteiger partial charge in [-0.15, -0.1) is 0 Å². The molecule has 1 aliphatic heterocycles. The fourth-order valence-corrected chi connectivity index (χ4v) is 2.05. The van der Waals surface area contributed by atoms with E-state index >= 15 is 0 Å². The van der Waals surface area contributed by atoms with E-state index in [1.54, 1.807) is 6.07 Å². The van der Waals surface area contributed by atoms with E-state index in [4.69, 9.17) is 4.52 Å². The van der Waals surface area contributed by atoms with Gasteiger partial charge in [0.05, 0.1) is 12.7 Å². The van der Waals surface area contributed by atoms with Crippen molar-refractivity contribution in [1.82, 2.24) is 15.4 Å². The Morgan fingerprint density at radius 2 is 2.33 bits per heavy atom. The van der Waals surface area contributed by atoms with Crippen molar-refractivity contribution in [2.45, 2.75) is 32.9 Å². The third kappa shape index (κ3) is 2.88. The molecule has 0 aromatic carbocycles. The Bertz CT molecular complexity index is 428. The summed E-state index contributed by atoms with van der Waals surface area (Å²) in [5.41, 5.74) is 0. The second kappa shape index (κ2) is 5.20. The molecule has 1 N–H and O–H groups in total. The zero-order valence-electron chi connectivity index (χ0n) is 10.5. The van der Waals surface area contributed by atoms with E-state index in [-0.39, 0.29) is 18.4 Å². The molecule has 2 heterocycles. The van der Waals surface area contributed by atoms with Crippen LogP contribution in [0.5, 0.6) is 0 Å². The summed E-state index contributed by atoms with van der Waals surface area (Å²) in [5.74, 6) is 0.755. The van der Waals surface area contributed by atoms with Crippen LogP contribution in [-0.4, -0.2) is 34.5 Å². The van der Waals surface area contributed by atoms with Crippen molar-refractivity contribution in [2.24, 2.45) is 5.92 Å². The van der Waals surface area contributed by atoms with Crippen LogP contribution in [0.4, 0.5) is 0 Å². The van der Waals surface area contributed by atoms with Crippen LogP contribution in [0.15, 0.2) is 16.8 Å². The lowest BCUT2D eigenvalue weighted by Crippen LogP contribution is -2.57. The molecule has 1 aromatic rings. The first-order valence-electron chi connectivity index (χ1n) is 6.04. The first-order valence-corrected chi connectivity index (χ1v) is 6.04. The van der Waals surface area contributed by atoms with Gasteiger partial charge in [-0.05, 0) is 12.3 Å². The van der Waals surface area contributed by atoms with Crippen molar-refractivity contribution in [2.75, 3.05) is 6.54 Å². The predicted molar refractivity (Wildman–Crippen MR) is 63.3 cm³/mol. The summed E-state index contributed by atoms with van der Waals surface area (Å²) in [7, 11) is 0. The number of piperazine rings is 1. The van der Waals surface area contributed by atoms with E-state index in [9.17, 15) is 9.59 Å². The Kier molecular flexibility index (Phi) is 3.64. The van der Waals surface area contributed by atoms with Gasteiger partial charge in [0, 0.05) is 6.07 Å². The van der Waals surface area contributed by atoms with E-state index in [1.807, 2.05) is 13.8 Å². The lowest BCUT2D eigenvalue weighted by atomic mass is 10.0. The summed E-state index contributed by atoms with van der Waals surface area (Å²) in [6, 6.07) is 1.27. The molecule has 1 unspecified atom stereocenters. The first kappa shape index (κ1) is 12.6. The van der Waals surface area contributed by atoms with Gasteiger partial charge in [-0.2, -0.15) is 0 Å². The molecule has 18 heavy (non-hydrogen) atoms. The maximum atomic E-state index is 12.2. The van der Waals surface area contributed by atoms with Crippen molar-refractivity contribution in [3.05, 3.63) is 18.0 Å². The zero-order chi connectivity index (χ0) is 13.1. The molecule has 1 atom stereocenters. The molecule has 6 nitrogen and oxygen atoms in total. The maximum absolute atomic E-state index is 12.2. The molecule has 0 bridgehead atoms. The second-order valence-electron chi connectivity index (χ2n) is 4.92. The van der Waals surface area contributed by atoms with E-state index in [0.29, 0.717) is 24.6 Å². The van der Waals surface area contributed by atoms with E-state index in [0.717, 1.165) is 0 Å². The number of hydrogen-bond donors (Lipinski definition) is 1. The van der Waals surface area contributed by atoms with Gasteiger partial charge in [0.25, 0.3) is 0 Å². The largest absolute Gasteiger partial charge is 0.360 e. The molecule has 0 spiro atoms. The topological polar surface area (TPSA) is 75.4 Å². The van der Waals surface area contributed by atoms with Crippen LogP contribution in [0.2, 0.25) is 0 Å². The normalized spacial score (nSPS) is 20.4. The van der Waals surface area contributed by atoms with Gasteiger partial charge in [0.2, 0.25) is 11.8 Å². The number of nitrogens with zero attached hydrogens (tertiary/aromatic N) is 2. The van der Waals surface area contributed by atoms with Crippen molar-refractivity contribution in [3.63, 3.8) is 0 Å². The minimum atomic E-state index is -0.422. The summed E-state index contributed by atoms with van der Waals surface area (Å²) in [4.78, 5) is 25.3.